The van der Waals surface area contributed by atoms with Crippen LogP contribution in [0.3, 0.4) is 0 Å². The lowest BCUT2D eigenvalue weighted by Crippen LogP contribution is -2.27. The number of hydrogen-bond donors (Lipinski definition) is 1. The third-order valence-corrected chi connectivity index (χ3v) is 5.85. The molecule has 0 spiro atoms. The fraction of sp³-hybridized carbons (Fsp3) is 0.481. The predicted molar refractivity (Wildman–Crippen MR) is 153 cm³/mol. The summed E-state index contributed by atoms with van der Waals surface area (Å²) in [4.78, 5) is 23.8. The van der Waals surface area contributed by atoms with E-state index in [0.29, 0.717) is 17.3 Å². The van der Waals surface area contributed by atoms with E-state index < -0.39 is 11.6 Å². The van der Waals surface area contributed by atoms with Crippen LogP contribution in [0.5, 0.6) is 0 Å². The van der Waals surface area contributed by atoms with Gasteiger partial charge < -0.3 is 10.2 Å². The van der Waals surface area contributed by atoms with Crippen molar-refractivity contribution in [3.8, 4) is 0 Å². The van der Waals surface area contributed by atoms with E-state index in [9.17, 15) is 22.8 Å². The Kier molecular flexibility index (Phi) is 17.6. The van der Waals surface area contributed by atoms with Crippen molar-refractivity contribution in [3.63, 3.8) is 0 Å². The molecule has 2 aromatic rings. The quantitative estimate of drug-likeness (QED) is 0.430. The first-order valence-corrected chi connectivity index (χ1v) is 11.4. The molecule has 2 fully saturated rings. The SMILES string of the molecule is C.CC(=O)c1ccc(F)c(F)c1.CC(=O)c1ccc(N2CCC[C@@H]2C)c(F)c1.C[C@H]1CCCN1.S.S. The molecular formula is C27H41F3N2O2S2. The summed E-state index contributed by atoms with van der Waals surface area (Å²) in [6.07, 6.45) is 4.96. The summed E-state index contributed by atoms with van der Waals surface area (Å²) in [6.45, 7) is 9.22. The number of halogens is 3. The van der Waals surface area contributed by atoms with Crippen molar-refractivity contribution in [1.29, 1.82) is 0 Å². The van der Waals surface area contributed by atoms with Crippen molar-refractivity contribution in [2.45, 2.75) is 72.9 Å². The Morgan fingerprint density at radius 2 is 1.39 bits per heavy atom. The van der Waals surface area contributed by atoms with Gasteiger partial charge in [-0.3, -0.25) is 9.59 Å². The van der Waals surface area contributed by atoms with Gasteiger partial charge in [0, 0.05) is 29.8 Å². The zero-order valence-electron chi connectivity index (χ0n) is 20.8. The zero-order valence-corrected chi connectivity index (χ0v) is 22.8. The van der Waals surface area contributed by atoms with Gasteiger partial charge >= 0.3 is 0 Å². The van der Waals surface area contributed by atoms with E-state index in [0.717, 1.165) is 37.6 Å². The van der Waals surface area contributed by atoms with Crippen molar-refractivity contribution in [2.24, 2.45) is 0 Å². The Hall–Kier alpha value is -1.97. The molecule has 4 nitrogen and oxygen atoms in total. The maximum atomic E-state index is 13.8. The van der Waals surface area contributed by atoms with Crippen molar-refractivity contribution < 1.29 is 22.8 Å². The lowest BCUT2D eigenvalue weighted by Gasteiger charge is -2.24. The minimum atomic E-state index is -0.988. The van der Waals surface area contributed by atoms with Gasteiger partial charge in [0.15, 0.2) is 23.2 Å². The number of anilines is 1. The molecule has 1 N–H and O–H groups in total. The summed E-state index contributed by atoms with van der Waals surface area (Å²) in [7, 11) is 0. The van der Waals surface area contributed by atoms with Crippen LogP contribution in [-0.4, -0.2) is 36.7 Å². The Morgan fingerprint density at radius 1 is 0.833 bits per heavy atom. The summed E-state index contributed by atoms with van der Waals surface area (Å²) >= 11 is 0. The summed E-state index contributed by atoms with van der Waals surface area (Å²) in [5.41, 5.74) is 1.24. The molecule has 2 aliphatic rings. The minimum Gasteiger partial charge on any atom is -0.366 e. The van der Waals surface area contributed by atoms with Crippen molar-refractivity contribution in [3.05, 3.63) is 65.0 Å². The molecule has 36 heavy (non-hydrogen) atoms. The largest absolute Gasteiger partial charge is 0.366 e. The number of carbonyl (C=O) groups excluding carboxylic acids is 2. The van der Waals surface area contributed by atoms with Crippen LogP contribution in [0.2, 0.25) is 0 Å². The second-order valence-corrected chi connectivity index (χ2v) is 8.59. The molecule has 0 aliphatic carbocycles. The third kappa shape index (κ3) is 11.0. The molecule has 0 bridgehead atoms. The van der Waals surface area contributed by atoms with E-state index in [-0.39, 0.29) is 57.4 Å². The van der Waals surface area contributed by atoms with E-state index in [1.807, 2.05) is 0 Å². The smallest absolute Gasteiger partial charge is 0.159 e. The molecule has 0 unspecified atom stereocenters. The van der Waals surface area contributed by atoms with Gasteiger partial charge in [-0.15, -0.1) is 0 Å². The van der Waals surface area contributed by atoms with Gasteiger partial charge in [-0.05, 0) is 96.3 Å². The van der Waals surface area contributed by atoms with Crippen molar-refractivity contribution in [2.75, 3.05) is 18.0 Å². The normalized spacial score (nSPS) is 17.7. The molecule has 0 amide bonds. The van der Waals surface area contributed by atoms with Gasteiger partial charge in [0.25, 0.3) is 0 Å². The molecule has 204 valence electrons. The highest BCUT2D eigenvalue weighted by atomic mass is 32.1. The topological polar surface area (TPSA) is 49.4 Å². The first-order valence-electron chi connectivity index (χ1n) is 11.4. The Labute approximate surface area is 227 Å². The van der Waals surface area contributed by atoms with E-state index >= 15 is 0 Å². The highest BCUT2D eigenvalue weighted by Gasteiger charge is 2.23. The maximum absolute atomic E-state index is 13.8. The zero-order chi connectivity index (χ0) is 24.5. The number of Topliss-reactive ketones (excluding diaryl/α,β-unsaturated/α-hetero) is 2. The highest BCUT2D eigenvalue weighted by molar-refractivity contribution is 7.59. The van der Waals surface area contributed by atoms with Gasteiger partial charge in [0.2, 0.25) is 0 Å². The molecule has 2 atom stereocenters. The first kappa shape index (κ1) is 36.2. The fourth-order valence-electron chi connectivity index (χ4n) is 3.82. The van der Waals surface area contributed by atoms with Crippen LogP contribution in [0.25, 0.3) is 0 Å². The van der Waals surface area contributed by atoms with Crippen LogP contribution in [0.15, 0.2) is 36.4 Å². The van der Waals surface area contributed by atoms with Crippen LogP contribution >= 0.6 is 27.0 Å². The minimum absolute atomic E-state index is 0. The average molecular weight is 547 g/mol. The number of ketones is 2. The van der Waals surface area contributed by atoms with Crippen LogP contribution < -0.4 is 10.2 Å². The average Bonchev–Trinajstić information content (AvgIpc) is 3.41. The molecule has 2 saturated heterocycles. The summed E-state index contributed by atoms with van der Waals surface area (Å²) in [6, 6.07) is 9.01. The number of rotatable bonds is 3. The number of hydrogen-bond acceptors (Lipinski definition) is 4. The summed E-state index contributed by atoms with van der Waals surface area (Å²) in [5, 5.41) is 3.32. The number of nitrogens with zero attached hydrogens (tertiary/aromatic N) is 1. The van der Waals surface area contributed by atoms with Gasteiger partial charge in [0.05, 0.1) is 5.69 Å². The molecule has 0 aromatic heterocycles. The van der Waals surface area contributed by atoms with Crippen LogP contribution in [0.1, 0.15) is 81.5 Å². The second-order valence-electron chi connectivity index (χ2n) is 8.59. The van der Waals surface area contributed by atoms with Gasteiger partial charge in [0.1, 0.15) is 5.82 Å². The molecule has 2 heterocycles. The van der Waals surface area contributed by atoms with Crippen molar-refractivity contribution in [1.82, 2.24) is 5.32 Å². The second kappa shape index (κ2) is 17.5. The third-order valence-electron chi connectivity index (χ3n) is 5.85. The fourth-order valence-corrected chi connectivity index (χ4v) is 3.82. The molecule has 0 radical (unpaired) electrons. The van der Waals surface area contributed by atoms with Gasteiger partial charge in [-0.25, -0.2) is 13.2 Å². The van der Waals surface area contributed by atoms with Gasteiger partial charge in [-0.1, -0.05) is 7.43 Å². The summed E-state index contributed by atoms with van der Waals surface area (Å²) in [5.74, 6) is -2.59. The number of benzene rings is 2. The van der Waals surface area contributed by atoms with Crippen LogP contribution in [0, 0.1) is 17.5 Å². The molecular weight excluding hydrogens is 505 g/mol. The van der Waals surface area contributed by atoms with E-state index in [1.165, 1.54) is 45.4 Å². The number of carbonyl (C=O) groups is 2. The van der Waals surface area contributed by atoms with Crippen molar-refractivity contribution >= 4 is 44.2 Å². The molecule has 0 saturated carbocycles. The van der Waals surface area contributed by atoms with E-state index in [2.05, 4.69) is 24.1 Å². The molecule has 4 rings (SSSR count). The lowest BCUT2D eigenvalue weighted by molar-refractivity contribution is 0.100. The Morgan fingerprint density at radius 3 is 1.75 bits per heavy atom. The predicted octanol–water partition coefficient (Wildman–Crippen LogP) is 6.80. The Balaban J connectivity index is 0. The monoisotopic (exact) mass is 546 g/mol. The molecule has 2 aliphatic heterocycles. The molecule has 9 heteroatoms. The van der Waals surface area contributed by atoms with Gasteiger partial charge in [-0.2, -0.15) is 27.0 Å². The first-order chi connectivity index (χ1) is 15.6. The standard InChI is InChI=1S/C13H16FNO.C8H6F2O.C5H11N.CH4.2H2S/c1-9-4-3-7-15(9)13-6-5-11(10(2)16)8-12(13)14;1-5(11)6-2-3-7(9)8(10)4-6;1-5-3-2-4-6-5;;;/h5-6,8-9H,3-4,7H2,1-2H3;2-4H,1H3;5-6H,2-4H2,1H3;1H4;2*1H2/t9-;;5-;;;/m0.0.../s1. The maximum Gasteiger partial charge on any atom is 0.159 e. The summed E-state index contributed by atoms with van der Waals surface area (Å²) < 4.78 is 38.5. The Bertz CT molecular complexity index is 970. The van der Waals surface area contributed by atoms with E-state index in [4.69, 9.17) is 0 Å². The van der Waals surface area contributed by atoms with Crippen LogP contribution in [0.4, 0.5) is 18.9 Å². The highest BCUT2D eigenvalue weighted by Crippen LogP contribution is 2.28. The van der Waals surface area contributed by atoms with Crippen LogP contribution in [-0.2, 0) is 0 Å². The van der Waals surface area contributed by atoms with E-state index in [1.54, 1.807) is 12.1 Å². The lowest BCUT2D eigenvalue weighted by atomic mass is 10.1. The number of nitrogens with one attached hydrogen (secondary N) is 1. The molecule has 2 aromatic carbocycles.